The Labute approximate surface area is 172 Å². The van der Waals surface area contributed by atoms with Crippen LogP contribution in [-0.2, 0) is 16.0 Å². The molecule has 1 unspecified atom stereocenters. The molecular formula is C21H32N4O4. The number of nitrogens with zero attached hydrogens (tertiary/aromatic N) is 3. The summed E-state index contributed by atoms with van der Waals surface area (Å²) in [5.74, 6) is 0.836. The highest BCUT2D eigenvalue weighted by molar-refractivity contribution is 5.82. The molecule has 8 heteroatoms. The van der Waals surface area contributed by atoms with Gasteiger partial charge in [-0.2, -0.15) is 5.10 Å². The lowest BCUT2D eigenvalue weighted by molar-refractivity contribution is 0.0286. The molecule has 1 atom stereocenters. The van der Waals surface area contributed by atoms with Crippen LogP contribution in [0.25, 0.3) is 10.9 Å². The van der Waals surface area contributed by atoms with E-state index in [1.54, 1.807) is 11.9 Å². The summed E-state index contributed by atoms with van der Waals surface area (Å²) in [6.45, 7) is 8.98. The van der Waals surface area contributed by atoms with Crippen LogP contribution in [0.3, 0.4) is 0 Å². The van der Waals surface area contributed by atoms with E-state index in [0.29, 0.717) is 26.2 Å². The molecule has 1 aromatic heterocycles. The van der Waals surface area contributed by atoms with Gasteiger partial charge >= 0.3 is 6.09 Å². The molecule has 1 fully saturated rings. The first-order chi connectivity index (χ1) is 13.7. The average Bonchev–Trinajstić information content (AvgIpc) is 3.28. The van der Waals surface area contributed by atoms with Gasteiger partial charge in [-0.3, -0.25) is 10.00 Å². The molecule has 3 rings (SSSR count). The largest absolute Gasteiger partial charge is 0.488 e. The minimum atomic E-state index is -0.490. The first-order valence-electron chi connectivity index (χ1n) is 10.1. The number of likely N-dealkylation sites (N-methyl/N-ethyl adjacent to an activating group) is 2. The van der Waals surface area contributed by atoms with Crippen molar-refractivity contribution < 1.29 is 19.0 Å². The van der Waals surface area contributed by atoms with Crippen LogP contribution < -0.4 is 4.74 Å². The first kappa shape index (κ1) is 21.4. The number of rotatable bonds is 7. The number of aromatic amines is 1. The first-order valence-corrected chi connectivity index (χ1v) is 10.1. The molecule has 1 aromatic carbocycles. The number of ether oxygens (including phenoxy) is 3. The molecule has 0 aliphatic carbocycles. The number of amides is 1. The predicted molar refractivity (Wildman–Crippen MR) is 111 cm³/mol. The predicted octanol–water partition coefficient (Wildman–Crippen LogP) is 3.03. The highest BCUT2D eigenvalue weighted by Gasteiger charge is 2.20. The van der Waals surface area contributed by atoms with Gasteiger partial charge in [0.2, 0.25) is 0 Å². The van der Waals surface area contributed by atoms with Gasteiger partial charge in [-0.05, 0) is 46.0 Å². The van der Waals surface area contributed by atoms with E-state index in [1.807, 2.05) is 46.0 Å². The Bertz CT molecular complexity index is 824. The third-order valence-corrected chi connectivity index (χ3v) is 4.75. The fourth-order valence-electron chi connectivity index (χ4n) is 3.14. The van der Waals surface area contributed by atoms with Crippen molar-refractivity contribution in [2.75, 3.05) is 40.4 Å². The van der Waals surface area contributed by atoms with Crippen molar-refractivity contribution in [2.45, 2.75) is 45.4 Å². The molecule has 8 nitrogen and oxygen atoms in total. The summed E-state index contributed by atoms with van der Waals surface area (Å²) in [7, 11) is 3.77. The number of H-pyrrole nitrogens is 1. The van der Waals surface area contributed by atoms with Crippen molar-refractivity contribution >= 4 is 17.0 Å². The molecule has 0 saturated carbocycles. The SMILES string of the molecule is CN(CCN(C)C(=O)OC(C)(C)C)Cc1[nH]nc2ccc(OC3CCOC3)cc12. The summed E-state index contributed by atoms with van der Waals surface area (Å²) in [6.07, 6.45) is 0.730. The number of nitrogens with one attached hydrogen (secondary N) is 1. The van der Waals surface area contributed by atoms with Crippen molar-refractivity contribution in [3.8, 4) is 5.75 Å². The lowest BCUT2D eigenvalue weighted by Crippen LogP contribution is -2.38. The molecule has 1 saturated heterocycles. The van der Waals surface area contributed by atoms with Gasteiger partial charge in [0.25, 0.3) is 0 Å². The Kier molecular flexibility index (Phi) is 6.64. The van der Waals surface area contributed by atoms with Crippen LogP contribution in [0.1, 0.15) is 32.9 Å². The second kappa shape index (κ2) is 9.00. The highest BCUT2D eigenvalue weighted by atomic mass is 16.6. The van der Waals surface area contributed by atoms with Crippen molar-refractivity contribution in [3.63, 3.8) is 0 Å². The quantitative estimate of drug-likeness (QED) is 0.764. The van der Waals surface area contributed by atoms with Crippen molar-refractivity contribution in [1.82, 2.24) is 20.0 Å². The molecule has 2 heterocycles. The molecule has 1 aliphatic rings. The van der Waals surface area contributed by atoms with Crippen LogP contribution >= 0.6 is 0 Å². The Balaban J connectivity index is 1.56. The third kappa shape index (κ3) is 6.08. The molecule has 2 aromatic rings. The fraction of sp³-hybridized carbons (Fsp3) is 0.619. The molecule has 160 valence electrons. The van der Waals surface area contributed by atoms with E-state index in [9.17, 15) is 4.79 Å². The Hall–Kier alpha value is -2.32. The second-order valence-corrected chi connectivity index (χ2v) is 8.62. The number of carbonyl (C=O) groups excluding carboxylic acids is 1. The fourth-order valence-corrected chi connectivity index (χ4v) is 3.14. The zero-order valence-electron chi connectivity index (χ0n) is 18.0. The van der Waals surface area contributed by atoms with Gasteiger partial charge in [0.15, 0.2) is 0 Å². The van der Waals surface area contributed by atoms with Crippen LogP contribution in [0.15, 0.2) is 18.2 Å². The monoisotopic (exact) mass is 404 g/mol. The molecule has 0 radical (unpaired) electrons. The lowest BCUT2D eigenvalue weighted by atomic mass is 10.2. The van der Waals surface area contributed by atoms with Gasteiger partial charge < -0.3 is 19.1 Å². The molecule has 0 spiro atoms. The van der Waals surface area contributed by atoms with Gasteiger partial charge in [-0.1, -0.05) is 0 Å². The van der Waals surface area contributed by atoms with E-state index in [2.05, 4.69) is 15.1 Å². The summed E-state index contributed by atoms with van der Waals surface area (Å²) in [5, 5.41) is 8.57. The third-order valence-electron chi connectivity index (χ3n) is 4.75. The highest BCUT2D eigenvalue weighted by Crippen LogP contribution is 2.25. The number of hydrogen-bond donors (Lipinski definition) is 1. The zero-order chi connectivity index (χ0) is 21.0. The Morgan fingerprint density at radius 2 is 2.10 bits per heavy atom. The molecule has 0 bridgehead atoms. The van der Waals surface area contributed by atoms with Crippen molar-refractivity contribution in [3.05, 3.63) is 23.9 Å². The maximum atomic E-state index is 12.1. The zero-order valence-corrected chi connectivity index (χ0v) is 18.0. The molecule has 1 N–H and O–H groups in total. The molecule has 1 aliphatic heterocycles. The number of fused-ring (bicyclic) bond motifs is 1. The van der Waals surface area contributed by atoms with E-state index in [0.717, 1.165) is 35.4 Å². The Morgan fingerprint density at radius 1 is 1.31 bits per heavy atom. The average molecular weight is 405 g/mol. The van der Waals surface area contributed by atoms with E-state index in [1.165, 1.54) is 0 Å². The van der Waals surface area contributed by atoms with Crippen LogP contribution in [0.5, 0.6) is 5.75 Å². The number of aromatic nitrogens is 2. The van der Waals surface area contributed by atoms with Crippen LogP contribution in [0, 0.1) is 0 Å². The Morgan fingerprint density at radius 3 is 2.79 bits per heavy atom. The summed E-state index contributed by atoms with van der Waals surface area (Å²) in [6, 6.07) is 5.95. The minimum absolute atomic E-state index is 0.119. The van der Waals surface area contributed by atoms with E-state index < -0.39 is 5.60 Å². The molecular weight excluding hydrogens is 372 g/mol. The topological polar surface area (TPSA) is 79.9 Å². The molecule has 1 amide bonds. The van der Waals surface area contributed by atoms with E-state index in [-0.39, 0.29) is 12.2 Å². The maximum absolute atomic E-state index is 12.1. The standard InChI is InChI=1S/C21H32N4O4/c1-21(2,3)29-20(26)25(5)10-9-24(4)13-19-17-12-15(6-7-18(17)22-23-19)28-16-8-11-27-14-16/h6-7,12,16H,8-11,13-14H2,1-5H3,(H,22,23). The summed E-state index contributed by atoms with van der Waals surface area (Å²) in [4.78, 5) is 15.8. The van der Waals surface area contributed by atoms with Crippen molar-refractivity contribution in [1.29, 1.82) is 0 Å². The number of hydrogen-bond acceptors (Lipinski definition) is 6. The van der Waals surface area contributed by atoms with Crippen LogP contribution in [0.2, 0.25) is 0 Å². The van der Waals surface area contributed by atoms with E-state index in [4.69, 9.17) is 14.2 Å². The van der Waals surface area contributed by atoms with Gasteiger partial charge in [0.1, 0.15) is 17.5 Å². The second-order valence-electron chi connectivity index (χ2n) is 8.62. The van der Waals surface area contributed by atoms with Gasteiger partial charge in [0, 0.05) is 38.5 Å². The van der Waals surface area contributed by atoms with Gasteiger partial charge in [-0.15, -0.1) is 0 Å². The minimum Gasteiger partial charge on any atom is -0.488 e. The molecule has 29 heavy (non-hydrogen) atoms. The van der Waals surface area contributed by atoms with Crippen LogP contribution in [0.4, 0.5) is 4.79 Å². The summed E-state index contributed by atoms with van der Waals surface area (Å²) in [5.41, 5.74) is 1.45. The maximum Gasteiger partial charge on any atom is 0.410 e. The van der Waals surface area contributed by atoms with Gasteiger partial charge in [-0.25, -0.2) is 4.79 Å². The lowest BCUT2D eigenvalue weighted by Gasteiger charge is -2.26. The van der Waals surface area contributed by atoms with Gasteiger partial charge in [0.05, 0.1) is 24.4 Å². The number of carbonyl (C=O) groups is 1. The summed E-state index contributed by atoms with van der Waals surface area (Å²) < 4.78 is 16.8. The smallest absolute Gasteiger partial charge is 0.410 e. The normalized spacial score (nSPS) is 17.1. The number of benzene rings is 1. The van der Waals surface area contributed by atoms with Crippen LogP contribution in [-0.4, -0.2) is 78.2 Å². The summed E-state index contributed by atoms with van der Waals surface area (Å²) >= 11 is 0. The van der Waals surface area contributed by atoms with E-state index >= 15 is 0 Å². The van der Waals surface area contributed by atoms with Crippen molar-refractivity contribution in [2.24, 2.45) is 0 Å².